The van der Waals surface area contributed by atoms with Crippen LogP contribution in [0.25, 0.3) is 0 Å². The summed E-state index contributed by atoms with van der Waals surface area (Å²) in [5.74, 6) is 0.191. The second kappa shape index (κ2) is 9.60. The summed E-state index contributed by atoms with van der Waals surface area (Å²) in [4.78, 5) is 24.5. The summed E-state index contributed by atoms with van der Waals surface area (Å²) >= 11 is 0. The molecule has 0 aliphatic heterocycles. The molecule has 0 radical (unpaired) electrons. The largest absolute Gasteiger partial charge is 0.497 e. The first-order valence-corrected chi connectivity index (χ1v) is 9.29. The molecule has 0 fully saturated rings. The van der Waals surface area contributed by atoms with Crippen molar-refractivity contribution in [1.82, 2.24) is 5.32 Å². The Morgan fingerprint density at radius 1 is 1.07 bits per heavy atom. The molecule has 2 rings (SSSR count). The zero-order chi connectivity index (χ0) is 21.4. The van der Waals surface area contributed by atoms with E-state index in [2.05, 4.69) is 22.0 Å². The van der Waals surface area contributed by atoms with Crippen LogP contribution in [0.4, 0.5) is 11.4 Å². The van der Waals surface area contributed by atoms with Crippen molar-refractivity contribution in [2.75, 3.05) is 24.3 Å². The number of anilines is 2. The first kappa shape index (κ1) is 21.8. The van der Waals surface area contributed by atoms with Gasteiger partial charge in [-0.3, -0.25) is 9.59 Å². The van der Waals surface area contributed by atoms with Gasteiger partial charge in [0.2, 0.25) is 5.91 Å². The predicted octanol–water partition coefficient (Wildman–Crippen LogP) is 3.41. The number of nitrogens with zero attached hydrogens (tertiary/aromatic N) is 1. The molecule has 0 bridgehead atoms. The van der Waals surface area contributed by atoms with Crippen molar-refractivity contribution >= 4 is 23.2 Å². The summed E-state index contributed by atoms with van der Waals surface area (Å²) in [6.07, 6.45) is 0. The molecule has 7 nitrogen and oxygen atoms in total. The highest BCUT2D eigenvalue weighted by atomic mass is 16.5. The molecular formula is C22H26N4O3. The average Bonchev–Trinajstić information content (AvgIpc) is 2.72. The molecule has 2 amide bonds. The molecule has 2 aromatic rings. The number of carbonyl (C=O) groups excluding carboxylic acids is 2. The number of nitrogens with one attached hydrogen (secondary N) is 3. The minimum Gasteiger partial charge on any atom is -0.497 e. The molecule has 1 atom stereocenters. The second-order valence-electron chi connectivity index (χ2n) is 7.13. The SMILES string of the molecule is COc1ccc(NC(=O)c2ccc(NCC(=O)NC(C)(C#N)C(C)C)cc2)cc1. The number of hydrogen-bond donors (Lipinski definition) is 3. The Morgan fingerprint density at radius 2 is 1.66 bits per heavy atom. The van der Waals surface area contributed by atoms with E-state index in [1.807, 2.05) is 13.8 Å². The fraction of sp³-hybridized carbons (Fsp3) is 0.318. The lowest BCUT2D eigenvalue weighted by atomic mass is 9.90. The van der Waals surface area contributed by atoms with Crippen molar-refractivity contribution in [2.45, 2.75) is 26.3 Å². The molecule has 152 valence electrons. The predicted molar refractivity (Wildman–Crippen MR) is 113 cm³/mol. The molecule has 0 heterocycles. The Hall–Kier alpha value is -3.53. The summed E-state index contributed by atoms with van der Waals surface area (Å²) in [5.41, 5.74) is 0.944. The highest BCUT2D eigenvalue weighted by molar-refractivity contribution is 6.04. The third kappa shape index (κ3) is 5.98. The van der Waals surface area contributed by atoms with Crippen LogP contribution in [-0.4, -0.2) is 31.0 Å². The quantitative estimate of drug-likeness (QED) is 0.637. The van der Waals surface area contributed by atoms with Crippen molar-refractivity contribution in [3.63, 3.8) is 0 Å². The minimum absolute atomic E-state index is 0.0139. The van der Waals surface area contributed by atoms with Gasteiger partial charge in [0.1, 0.15) is 11.3 Å². The molecule has 3 N–H and O–H groups in total. The van der Waals surface area contributed by atoms with E-state index >= 15 is 0 Å². The van der Waals surface area contributed by atoms with Crippen LogP contribution in [-0.2, 0) is 4.79 Å². The lowest BCUT2D eigenvalue weighted by Crippen LogP contribution is -2.50. The number of ether oxygens (including phenoxy) is 1. The van der Waals surface area contributed by atoms with Crippen molar-refractivity contribution in [3.8, 4) is 11.8 Å². The summed E-state index contributed by atoms with van der Waals surface area (Å²) in [5, 5.41) is 17.8. The van der Waals surface area contributed by atoms with Gasteiger partial charge in [-0.05, 0) is 61.4 Å². The van der Waals surface area contributed by atoms with Gasteiger partial charge in [0.15, 0.2) is 0 Å². The molecule has 0 saturated carbocycles. The van der Waals surface area contributed by atoms with E-state index in [0.29, 0.717) is 22.7 Å². The van der Waals surface area contributed by atoms with Gasteiger partial charge in [-0.25, -0.2) is 0 Å². The Kier molecular flexibility index (Phi) is 7.21. The molecule has 29 heavy (non-hydrogen) atoms. The van der Waals surface area contributed by atoms with Crippen LogP contribution in [0.1, 0.15) is 31.1 Å². The standard InChI is InChI=1S/C22H26N4O3/c1-15(2)22(3,14-23)26-20(27)13-24-17-7-5-16(6-8-17)21(28)25-18-9-11-19(29-4)12-10-18/h5-12,15,24H,13H2,1-4H3,(H,25,28)(H,26,27). The van der Waals surface area contributed by atoms with E-state index in [4.69, 9.17) is 4.74 Å². The van der Waals surface area contributed by atoms with Crippen molar-refractivity contribution < 1.29 is 14.3 Å². The third-order valence-electron chi connectivity index (χ3n) is 4.73. The monoisotopic (exact) mass is 394 g/mol. The van der Waals surface area contributed by atoms with Gasteiger partial charge in [0.25, 0.3) is 5.91 Å². The summed E-state index contributed by atoms with van der Waals surface area (Å²) in [7, 11) is 1.58. The van der Waals surface area contributed by atoms with E-state index in [0.717, 1.165) is 0 Å². The average molecular weight is 394 g/mol. The Morgan fingerprint density at radius 3 is 2.17 bits per heavy atom. The van der Waals surface area contributed by atoms with Crippen molar-refractivity contribution in [2.24, 2.45) is 5.92 Å². The van der Waals surface area contributed by atoms with Gasteiger partial charge >= 0.3 is 0 Å². The Balaban J connectivity index is 1.90. The van der Waals surface area contributed by atoms with Crippen molar-refractivity contribution in [3.05, 3.63) is 54.1 Å². The van der Waals surface area contributed by atoms with Crippen LogP contribution >= 0.6 is 0 Å². The zero-order valence-electron chi connectivity index (χ0n) is 17.1. The molecule has 0 aromatic heterocycles. The molecule has 0 aliphatic carbocycles. The van der Waals surface area contributed by atoms with E-state index in [1.165, 1.54) is 0 Å². The number of rotatable bonds is 8. The van der Waals surface area contributed by atoms with Gasteiger partial charge in [-0.2, -0.15) is 5.26 Å². The molecule has 1 unspecified atom stereocenters. The highest BCUT2D eigenvalue weighted by Crippen LogP contribution is 2.17. The highest BCUT2D eigenvalue weighted by Gasteiger charge is 2.29. The Labute approximate surface area is 171 Å². The zero-order valence-corrected chi connectivity index (χ0v) is 17.1. The number of hydrogen-bond acceptors (Lipinski definition) is 5. The van der Waals surface area contributed by atoms with Crippen LogP contribution in [0.2, 0.25) is 0 Å². The molecular weight excluding hydrogens is 368 g/mol. The normalized spacial score (nSPS) is 12.4. The lowest BCUT2D eigenvalue weighted by molar-refractivity contribution is -0.121. The maximum absolute atomic E-state index is 12.3. The number of nitriles is 1. The van der Waals surface area contributed by atoms with Gasteiger partial charge in [-0.1, -0.05) is 13.8 Å². The molecule has 7 heteroatoms. The second-order valence-corrected chi connectivity index (χ2v) is 7.13. The van der Waals surface area contributed by atoms with Crippen LogP contribution in [0, 0.1) is 17.2 Å². The fourth-order valence-corrected chi connectivity index (χ4v) is 2.43. The van der Waals surface area contributed by atoms with Gasteiger partial charge in [0, 0.05) is 16.9 Å². The Bertz CT molecular complexity index is 886. The number of benzene rings is 2. The van der Waals surface area contributed by atoms with E-state index in [1.54, 1.807) is 62.6 Å². The van der Waals surface area contributed by atoms with Gasteiger partial charge < -0.3 is 20.7 Å². The first-order valence-electron chi connectivity index (χ1n) is 9.29. The fourth-order valence-electron chi connectivity index (χ4n) is 2.43. The van der Waals surface area contributed by atoms with Crippen LogP contribution in [0.15, 0.2) is 48.5 Å². The van der Waals surface area contributed by atoms with E-state index < -0.39 is 5.54 Å². The summed E-state index contributed by atoms with van der Waals surface area (Å²) < 4.78 is 5.09. The van der Waals surface area contributed by atoms with Gasteiger partial charge in [0.05, 0.1) is 19.7 Å². The summed E-state index contributed by atoms with van der Waals surface area (Å²) in [6.45, 7) is 5.49. The van der Waals surface area contributed by atoms with Gasteiger partial charge in [-0.15, -0.1) is 0 Å². The molecule has 0 spiro atoms. The molecule has 0 saturated heterocycles. The molecule has 0 aliphatic rings. The maximum atomic E-state index is 12.3. The minimum atomic E-state index is -0.915. The first-order chi connectivity index (χ1) is 13.8. The number of amides is 2. The van der Waals surface area contributed by atoms with Crippen LogP contribution in [0.3, 0.4) is 0 Å². The summed E-state index contributed by atoms with van der Waals surface area (Å²) in [6, 6.07) is 16.0. The molecule has 2 aromatic carbocycles. The van der Waals surface area contributed by atoms with E-state index in [9.17, 15) is 14.9 Å². The number of carbonyl (C=O) groups is 2. The maximum Gasteiger partial charge on any atom is 0.255 e. The van der Waals surface area contributed by atoms with Crippen molar-refractivity contribution in [1.29, 1.82) is 5.26 Å². The van der Waals surface area contributed by atoms with Crippen LogP contribution in [0.5, 0.6) is 5.75 Å². The smallest absolute Gasteiger partial charge is 0.255 e. The van der Waals surface area contributed by atoms with Crippen LogP contribution < -0.4 is 20.7 Å². The van der Waals surface area contributed by atoms with E-state index in [-0.39, 0.29) is 24.3 Å². The lowest BCUT2D eigenvalue weighted by Gasteiger charge is -2.27. The third-order valence-corrected chi connectivity index (χ3v) is 4.73. The topological polar surface area (TPSA) is 103 Å². The number of methoxy groups -OCH3 is 1.